The van der Waals surface area contributed by atoms with Gasteiger partial charge in [0.2, 0.25) is 0 Å². The number of hydrogen-bond acceptors (Lipinski definition) is 2. The van der Waals surface area contributed by atoms with E-state index in [1.165, 1.54) is 25.7 Å². The Balaban J connectivity index is -0.0000000453. The molecule has 0 aromatic carbocycles. The van der Waals surface area contributed by atoms with E-state index in [-0.39, 0.29) is 23.9 Å². The fraction of sp³-hybridized carbons (Fsp3) is 0.875. The molecule has 0 fully saturated rings. The number of hydrogen-bond donors (Lipinski definition) is 0. The minimum Gasteiger partial charge on any atom is -0.793 e. The molecule has 0 aliphatic heterocycles. The second kappa shape index (κ2) is 36.6. The van der Waals surface area contributed by atoms with Gasteiger partial charge in [-0.2, -0.15) is 11.5 Å². The molecule has 0 N–H and O–H groups in total. The van der Waals surface area contributed by atoms with Crippen LogP contribution in [0, 0.1) is 25.7 Å². The quantitative estimate of drug-likeness (QED) is 0.459. The van der Waals surface area contributed by atoms with Gasteiger partial charge < -0.3 is 25.3 Å². The molecule has 0 atom stereocenters. The van der Waals surface area contributed by atoms with Crippen molar-refractivity contribution >= 4 is 49.2 Å². The molecule has 0 aromatic rings. The van der Waals surface area contributed by atoms with Crippen molar-refractivity contribution in [3.8, 4) is 0 Å². The van der Waals surface area contributed by atoms with E-state index in [1.807, 2.05) is 0 Å². The van der Waals surface area contributed by atoms with Gasteiger partial charge in [-0.15, -0.1) is 0 Å². The molecule has 3 heteroatoms. The molecule has 0 rings (SSSR count). The predicted molar refractivity (Wildman–Crippen MR) is 100 cm³/mol. The van der Waals surface area contributed by atoms with Gasteiger partial charge in [0.1, 0.15) is 0 Å². The van der Waals surface area contributed by atoms with Crippen LogP contribution in [0.25, 0.3) is 0 Å². The van der Waals surface area contributed by atoms with Gasteiger partial charge in [0.25, 0.3) is 0 Å². The predicted octanol–water partition coefficient (Wildman–Crippen LogP) is 5.24. The number of unbranched alkanes of at least 4 members (excludes halogenated alkanes) is 2. The summed E-state index contributed by atoms with van der Waals surface area (Å²) in [6.45, 7) is 19.8. The fourth-order valence-electron chi connectivity index (χ4n) is 0.289. The first-order valence-corrected chi connectivity index (χ1v) is 8.27. The van der Waals surface area contributed by atoms with Gasteiger partial charge in [-0.3, -0.25) is 0 Å². The van der Waals surface area contributed by atoms with Gasteiger partial charge in [-0.25, -0.2) is 0 Å². The van der Waals surface area contributed by atoms with Crippen LogP contribution in [0.2, 0.25) is 0 Å². The molecule has 0 aromatic heterocycles. The second-order valence-corrected chi connectivity index (χ2v) is 5.72. The summed E-state index contributed by atoms with van der Waals surface area (Å²) < 4.78 is 0. The first-order chi connectivity index (χ1) is 8.29. The topological polar surface area (TPSA) is 0 Å². The van der Waals surface area contributed by atoms with Crippen LogP contribution < -0.4 is 0 Å². The van der Waals surface area contributed by atoms with E-state index in [0.29, 0.717) is 11.8 Å². The average Bonchev–Trinajstić information content (AvgIpc) is 2.19. The van der Waals surface area contributed by atoms with Crippen LogP contribution >= 0.6 is 0 Å². The Morgan fingerprint density at radius 3 is 0.895 bits per heavy atom. The maximum Gasteiger partial charge on any atom is 2.00 e. The van der Waals surface area contributed by atoms with Crippen molar-refractivity contribution in [2.75, 3.05) is 11.5 Å². The molecule has 19 heavy (non-hydrogen) atoms. The third kappa shape index (κ3) is 197. The molecule has 0 saturated heterocycles. The van der Waals surface area contributed by atoms with Gasteiger partial charge in [-0.1, -0.05) is 81.1 Å². The standard InChI is InChI=1S/2C4H10S.2C4H9.Sn/c2*1-2-3-4-5;2*1-4(2)3;/h2*5H,2-4H2,1H3;2*4H,1H2,2-3H3;/q;;;;+2/p-2. The Labute approximate surface area is 153 Å². The Morgan fingerprint density at radius 2 is 0.895 bits per heavy atom. The largest absolute Gasteiger partial charge is 2.00 e. The van der Waals surface area contributed by atoms with E-state index in [4.69, 9.17) is 0 Å². The van der Waals surface area contributed by atoms with Crippen molar-refractivity contribution in [1.29, 1.82) is 0 Å². The van der Waals surface area contributed by atoms with Crippen LogP contribution in [0.15, 0.2) is 0 Å². The van der Waals surface area contributed by atoms with Gasteiger partial charge in [-0.05, 0) is 11.8 Å². The van der Waals surface area contributed by atoms with Crippen LogP contribution in [-0.4, -0.2) is 35.4 Å². The summed E-state index contributed by atoms with van der Waals surface area (Å²) in [5.41, 5.74) is 0. The summed E-state index contributed by atoms with van der Waals surface area (Å²) in [7, 11) is 0. The average molecular weight is 411 g/mol. The Morgan fingerprint density at radius 1 is 0.737 bits per heavy atom. The van der Waals surface area contributed by atoms with Gasteiger partial charge in [0.05, 0.1) is 0 Å². The molecule has 0 amide bonds. The zero-order valence-electron chi connectivity index (χ0n) is 14.1. The molecule has 0 heterocycles. The zero-order valence-corrected chi connectivity index (χ0v) is 18.6. The Kier molecular flexibility index (Phi) is 62.5. The van der Waals surface area contributed by atoms with E-state index in [0.717, 1.165) is 11.5 Å². The van der Waals surface area contributed by atoms with Crippen LogP contribution in [0.3, 0.4) is 0 Å². The normalized spacial score (nSPS) is 8.21. The van der Waals surface area contributed by atoms with Gasteiger partial charge in [0, 0.05) is 0 Å². The van der Waals surface area contributed by atoms with E-state index < -0.39 is 0 Å². The summed E-state index contributed by atoms with van der Waals surface area (Å²) in [6.07, 6.45) is 4.89. The van der Waals surface area contributed by atoms with Crippen molar-refractivity contribution in [1.82, 2.24) is 0 Å². The molecule has 116 valence electrons. The first-order valence-electron chi connectivity index (χ1n) is 7.12. The second-order valence-electron chi connectivity index (χ2n) is 4.90. The van der Waals surface area contributed by atoms with Crippen LogP contribution in [-0.2, 0) is 25.3 Å². The summed E-state index contributed by atoms with van der Waals surface area (Å²) in [4.78, 5) is 0. The first kappa shape index (κ1) is 32.4. The molecule has 0 aliphatic carbocycles. The maximum atomic E-state index is 4.65. The third-order valence-corrected chi connectivity index (χ3v) is 1.57. The minimum absolute atomic E-state index is 0. The van der Waals surface area contributed by atoms with Crippen LogP contribution in [0.5, 0.6) is 0 Å². The molecule has 0 bridgehead atoms. The smallest absolute Gasteiger partial charge is 0.793 e. The van der Waals surface area contributed by atoms with E-state index in [2.05, 4.69) is 80.6 Å². The van der Waals surface area contributed by atoms with E-state index >= 15 is 0 Å². The number of rotatable bonds is 4. The van der Waals surface area contributed by atoms with Crippen molar-refractivity contribution in [2.24, 2.45) is 11.8 Å². The van der Waals surface area contributed by atoms with Crippen LogP contribution in [0.4, 0.5) is 0 Å². The molecule has 4 radical (unpaired) electrons. The van der Waals surface area contributed by atoms with Crippen molar-refractivity contribution in [3.05, 3.63) is 13.8 Å². The summed E-state index contributed by atoms with van der Waals surface area (Å²) >= 11 is 9.30. The minimum atomic E-state index is 0. The van der Waals surface area contributed by atoms with E-state index in [1.54, 1.807) is 0 Å². The Bertz CT molecular complexity index is 75.2. The molecule has 0 aliphatic rings. The molecule has 0 saturated carbocycles. The SMILES string of the molecule is CCCC[S-].CCCC[S-].[CH2]C(C)C.[CH2]C(C)C.[Sn+2]. The van der Waals surface area contributed by atoms with Crippen molar-refractivity contribution in [2.45, 2.75) is 67.2 Å². The molecule has 0 nitrogen and oxygen atoms in total. The molecular weight excluding hydrogens is 375 g/mol. The summed E-state index contributed by atoms with van der Waals surface area (Å²) in [5.74, 6) is 3.02. The van der Waals surface area contributed by atoms with E-state index in [9.17, 15) is 0 Å². The van der Waals surface area contributed by atoms with Gasteiger partial charge in [0.15, 0.2) is 0 Å². The third-order valence-electron chi connectivity index (χ3n) is 0.996. The van der Waals surface area contributed by atoms with Crippen molar-refractivity contribution in [3.63, 3.8) is 0 Å². The fourth-order valence-corrected chi connectivity index (χ4v) is 0.866. The van der Waals surface area contributed by atoms with Crippen molar-refractivity contribution < 1.29 is 0 Å². The Hall–Kier alpha value is 1.50. The maximum absolute atomic E-state index is 4.65. The molecular formula is C16H36S2Sn. The molecule has 0 unspecified atom stereocenters. The summed E-state index contributed by atoms with van der Waals surface area (Å²) in [6, 6.07) is 0. The molecule has 0 spiro atoms. The zero-order chi connectivity index (χ0) is 15.4. The van der Waals surface area contributed by atoms with Gasteiger partial charge >= 0.3 is 23.9 Å². The monoisotopic (exact) mass is 412 g/mol. The van der Waals surface area contributed by atoms with Crippen LogP contribution in [0.1, 0.15) is 67.2 Å². The summed E-state index contributed by atoms with van der Waals surface area (Å²) in [5, 5.41) is 0.